The molecule has 3 atom stereocenters. The van der Waals surface area contributed by atoms with E-state index in [1.807, 2.05) is 6.07 Å². The molecule has 0 bridgehead atoms. The first-order valence-electron chi connectivity index (χ1n) is 8.01. The fourth-order valence-corrected chi connectivity index (χ4v) is 3.82. The highest BCUT2D eigenvalue weighted by molar-refractivity contribution is 5.16. The molecule has 3 rings (SSSR count). The molecular formula is C17H26N2O. The van der Waals surface area contributed by atoms with Crippen LogP contribution in [0.1, 0.15) is 31.2 Å². The molecule has 0 aromatic heterocycles. The van der Waals surface area contributed by atoms with Crippen molar-refractivity contribution in [3.63, 3.8) is 0 Å². The summed E-state index contributed by atoms with van der Waals surface area (Å²) in [6, 6.07) is 11.9. The standard InChI is InChI=1S/C17H26N2O/c20-13-15(12-14-6-2-1-3-7-14)18-16-9-11-19-10-5-4-8-17(16)19/h1-3,6-7,15-18,20H,4-5,8-13H2/t15-,16?,17?/m1/s1. The molecular weight excluding hydrogens is 248 g/mol. The fourth-order valence-electron chi connectivity index (χ4n) is 3.82. The summed E-state index contributed by atoms with van der Waals surface area (Å²) in [5.41, 5.74) is 1.30. The first-order chi connectivity index (χ1) is 9.86. The van der Waals surface area contributed by atoms with Crippen LogP contribution in [0.3, 0.4) is 0 Å². The van der Waals surface area contributed by atoms with E-state index in [1.54, 1.807) is 0 Å². The van der Waals surface area contributed by atoms with Gasteiger partial charge in [-0.3, -0.25) is 4.90 Å². The zero-order valence-corrected chi connectivity index (χ0v) is 12.2. The van der Waals surface area contributed by atoms with Crippen LogP contribution < -0.4 is 5.32 Å². The maximum atomic E-state index is 9.67. The highest BCUT2D eigenvalue weighted by Gasteiger charge is 2.36. The molecule has 3 heteroatoms. The highest BCUT2D eigenvalue weighted by atomic mass is 16.3. The number of nitrogens with zero attached hydrogens (tertiary/aromatic N) is 1. The lowest BCUT2D eigenvalue weighted by atomic mass is 9.97. The monoisotopic (exact) mass is 274 g/mol. The van der Waals surface area contributed by atoms with E-state index < -0.39 is 0 Å². The van der Waals surface area contributed by atoms with Gasteiger partial charge in [-0.15, -0.1) is 0 Å². The normalized spacial score (nSPS) is 28.2. The molecule has 1 aromatic rings. The van der Waals surface area contributed by atoms with Gasteiger partial charge in [-0.05, 0) is 37.8 Å². The Morgan fingerprint density at radius 3 is 2.80 bits per heavy atom. The molecule has 110 valence electrons. The van der Waals surface area contributed by atoms with Gasteiger partial charge in [0.25, 0.3) is 0 Å². The molecule has 2 aliphatic rings. The number of nitrogens with one attached hydrogen (secondary N) is 1. The third-order valence-corrected chi connectivity index (χ3v) is 4.85. The minimum absolute atomic E-state index is 0.185. The van der Waals surface area contributed by atoms with Gasteiger partial charge in [0.05, 0.1) is 6.61 Å². The molecule has 0 radical (unpaired) electrons. The Morgan fingerprint density at radius 2 is 2.00 bits per heavy atom. The van der Waals surface area contributed by atoms with Gasteiger partial charge in [0.2, 0.25) is 0 Å². The summed E-state index contributed by atoms with van der Waals surface area (Å²) in [5, 5.41) is 13.4. The van der Waals surface area contributed by atoms with E-state index in [9.17, 15) is 5.11 Å². The molecule has 2 unspecified atom stereocenters. The molecule has 2 saturated heterocycles. The third kappa shape index (κ3) is 3.22. The largest absolute Gasteiger partial charge is 0.395 e. The van der Waals surface area contributed by atoms with Crippen molar-refractivity contribution in [3.05, 3.63) is 35.9 Å². The van der Waals surface area contributed by atoms with Crippen LogP contribution in [0.25, 0.3) is 0 Å². The maximum absolute atomic E-state index is 9.67. The molecule has 2 N–H and O–H groups in total. The van der Waals surface area contributed by atoms with Crippen LogP contribution in [-0.4, -0.2) is 47.8 Å². The Labute approximate surface area is 122 Å². The molecule has 3 nitrogen and oxygen atoms in total. The van der Waals surface area contributed by atoms with Crippen LogP contribution in [0.4, 0.5) is 0 Å². The number of rotatable bonds is 5. The number of hydrogen-bond donors (Lipinski definition) is 2. The molecule has 0 aliphatic carbocycles. The van der Waals surface area contributed by atoms with Crippen molar-refractivity contribution >= 4 is 0 Å². The van der Waals surface area contributed by atoms with Crippen molar-refractivity contribution in [3.8, 4) is 0 Å². The average molecular weight is 274 g/mol. The van der Waals surface area contributed by atoms with Crippen molar-refractivity contribution < 1.29 is 5.11 Å². The zero-order chi connectivity index (χ0) is 13.8. The second-order valence-electron chi connectivity index (χ2n) is 6.23. The lowest BCUT2D eigenvalue weighted by Crippen LogP contribution is -2.49. The lowest BCUT2D eigenvalue weighted by molar-refractivity contribution is 0.165. The average Bonchev–Trinajstić information content (AvgIpc) is 2.91. The van der Waals surface area contributed by atoms with E-state index in [0.717, 1.165) is 6.42 Å². The molecule has 1 aromatic carbocycles. The Bertz CT molecular complexity index is 409. The minimum atomic E-state index is 0.185. The molecule has 2 heterocycles. The van der Waals surface area contributed by atoms with Crippen molar-refractivity contribution in [2.24, 2.45) is 0 Å². The SMILES string of the molecule is OC[C@@H](Cc1ccccc1)NC1CCN2CCCCC12. The highest BCUT2D eigenvalue weighted by Crippen LogP contribution is 2.27. The molecule has 0 spiro atoms. The summed E-state index contributed by atoms with van der Waals surface area (Å²) >= 11 is 0. The van der Waals surface area contributed by atoms with E-state index in [1.165, 1.54) is 44.3 Å². The van der Waals surface area contributed by atoms with E-state index in [0.29, 0.717) is 12.1 Å². The van der Waals surface area contributed by atoms with Gasteiger partial charge >= 0.3 is 0 Å². The molecule has 2 aliphatic heterocycles. The summed E-state index contributed by atoms with van der Waals surface area (Å²) < 4.78 is 0. The summed E-state index contributed by atoms with van der Waals surface area (Å²) in [6.07, 6.45) is 6.19. The van der Waals surface area contributed by atoms with Crippen molar-refractivity contribution in [2.45, 2.75) is 50.2 Å². The minimum Gasteiger partial charge on any atom is -0.395 e. The molecule has 0 saturated carbocycles. The van der Waals surface area contributed by atoms with E-state index in [-0.39, 0.29) is 12.6 Å². The quantitative estimate of drug-likeness (QED) is 0.859. The Balaban J connectivity index is 1.57. The predicted molar refractivity (Wildman–Crippen MR) is 81.8 cm³/mol. The first kappa shape index (κ1) is 14.1. The number of benzene rings is 1. The van der Waals surface area contributed by atoms with Gasteiger partial charge in [-0.2, -0.15) is 0 Å². The van der Waals surface area contributed by atoms with Crippen molar-refractivity contribution in [1.82, 2.24) is 10.2 Å². The van der Waals surface area contributed by atoms with Gasteiger partial charge in [0.1, 0.15) is 0 Å². The Hall–Kier alpha value is -0.900. The topological polar surface area (TPSA) is 35.5 Å². The van der Waals surface area contributed by atoms with Gasteiger partial charge in [0.15, 0.2) is 0 Å². The zero-order valence-electron chi connectivity index (χ0n) is 12.2. The summed E-state index contributed by atoms with van der Waals surface area (Å²) in [4.78, 5) is 2.64. The number of hydrogen-bond acceptors (Lipinski definition) is 3. The first-order valence-corrected chi connectivity index (χ1v) is 8.01. The molecule has 2 fully saturated rings. The lowest BCUT2D eigenvalue weighted by Gasteiger charge is -2.34. The van der Waals surface area contributed by atoms with Gasteiger partial charge in [-0.1, -0.05) is 36.8 Å². The van der Waals surface area contributed by atoms with Gasteiger partial charge < -0.3 is 10.4 Å². The van der Waals surface area contributed by atoms with E-state index in [2.05, 4.69) is 34.5 Å². The Morgan fingerprint density at radius 1 is 1.15 bits per heavy atom. The van der Waals surface area contributed by atoms with Crippen LogP contribution >= 0.6 is 0 Å². The number of aliphatic hydroxyl groups is 1. The fraction of sp³-hybridized carbons (Fsp3) is 0.647. The second kappa shape index (κ2) is 6.70. The van der Waals surface area contributed by atoms with Crippen LogP contribution in [0.2, 0.25) is 0 Å². The van der Waals surface area contributed by atoms with Crippen molar-refractivity contribution in [2.75, 3.05) is 19.7 Å². The second-order valence-corrected chi connectivity index (χ2v) is 6.23. The molecule has 0 amide bonds. The van der Waals surface area contributed by atoms with E-state index >= 15 is 0 Å². The van der Waals surface area contributed by atoms with E-state index in [4.69, 9.17) is 0 Å². The van der Waals surface area contributed by atoms with Gasteiger partial charge in [0, 0.05) is 24.7 Å². The number of aliphatic hydroxyl groups excluding tert-OH is 1. The summed E-state index contributed by atoms with van der Waals surface area (Å²) in [7, 11) is 0. The molecule has 20 heavy (non-hydrogen) atoms. The van der Waals surface area contributed by atoms with Crippen molar-refractivity contribution in [1.29, 1.82) is 0 Å². The maximum Gasteiger partial charge on any atom is 0.0587 e. The predicted octanol–water partition coefficient (Wildman–Crippen LogP) is 1.81. The third-order valence-electron chi connectivity index (χ3n) is 4.85. The Kier molecular flexibility index (Phi) is 4.71. The number of piperidine rings is 1. The van der Waals surface area contributed by atoms with Crippen LogP contribution in [0.5, 0.6) is 0 Å². The van der Waals surface area contributed by atoms with Crippen LogP contribution in [0, 0.1) is 0 Å². The summed E-state index contributed by atoms with van der Waals surface area (Å²) in [5.74, 6) is 0. The number of fused-ring (bicyclic) bond motifs is 1. The summed E-state index contributed by atoms with van der Waals surface area (Å²) in [6.45, 7) is 2.72. The van der Waals surface area contributed by atoms with Crippen LogP contribution in [-0.2, 0) is 6.42 Å². The van der Waals surface area contributed by atoms with Crippen LogP contribution in [0.15, 0.2) is 30.3 Å². The smallest absolute Gasteiger partial charge is 0.0587 e. The van der Waals surface area contributed by atoms with Gasteiger partial charge in [-0.25, -0.2) is 0 Å².